The SMILES string of the molecule is CCOCCCc1cc(Nc2ncc(C3CC3)cc2C(=O)OC)cc2ccn(C)c12. The Morgan fingerprint density at radius 3 is 2.87 bits per heavy atom. The monoisotopic (exact) mass is 407 g/mol. The van der Waals surface area contributed by atoms with Crippen molar-refractivity contribution in [2.24, 2.45) is 7.05 Å². The van der Waals surface area contributed by atoms with E-state index < -0.39 is 0 Å². The van der Waals surface area contributed by atoms with Gasteiger partial charge in [0, 0.05) is 43.7 Å². The predicted molar refractivity (Wildman–Crippen MR) is 119 cm³/mol. The number of hydrogen-bond donors (Lipinski definition) is 1. The maximum Gasteiger partial charge on any atom is 0.341 e. The predicted octanol–water partition coefficient (Wildman–Crippen LogP) is 4.95. The smallest absolute Gasteiger partial charge is 0.341 e. The largest absolute Gasteiger partial charge is 0.465 e. The summed E-state index contributed by atoms with van der Waals surface area (Å²) in [5, 5.41) is 4.52. The van der Waals surface area contributed by atoms with Gasteiger partial charge in [-0.05, 0) is 73.9 Å². The summed E-state index contributed by atoms with van der Waals surface area (Å²) in [6.45, 7) is 3.50. The minimum absolute atomic E-state index is 0.370. The lowest BCUT2D eigenvalue weighted by molar-refractivity contribution is 0.0601. The van der Waals surface area contributed by atoms with E-state index in [1.165, 1.54) is 18.2 Å². The van der Waals surface area contributed by atoms with Crippen LogP contribution in [0, 0.1) is 0 Å². The summed E-state index contributed by atoms with van der Waals surface area (Å²) < 4.78 is 12.7. The minimum Gasteiger partial charge on any atom is -0.465 e. The molecule has 2 aromatic heterocycles. The van der Waals surface area contributed by atoms with E-state index in [4.69, 9.17) is 9.47 Å². The zero-order valence-electron chi connectivity index (χ0n) is 17.9. The fourth-order valence-electron chi connectivity index (χ4n) is 3.94. The van der Waals surface area contributed by atoms with Crippen LogP contribution >= 0.6 is 0 Å². The van der Waals surface area contributed by atoms with E-state index in [2.05, 4.69) is 46.3 Å². The minimum atomic E-state index is -0.370. The third-order valence-corrected chi connectivity index (χ3v) is 5.61. The standard InChI is InChI=1S/C24H29N3O3/c1-4-30-11-5-6-17-12-20(13-18-9-10-27(2)22(17)18)26-23-21(24(28)29-3)14-19(15-25-23)16-7-8-16/h9-10,12-16H,4-8,11H2,1-3H3,(H,25,26). The van der Waals surface area contributed by atoms with Crippen molar-refractivity contribution in [3.8, 4) is 0 Å². The van der Waals surface area contributed by atoms with Crippen LogP contribution in [0.4, 0.5) is 11.5 Å². The second-order valence-electron chi connectivity index (χ2n) is 7.86. The summed E-state index contributed by atoms with van der Waals surface area (Å²) in [7, 11) is 3.47. The summed E-state index contributed by atoms with van der Waals surface area (Å²) in [5.74, 6) is 0.680. The van der Waals surface area contributed by atoms with Crippen molar-refractivity contribution < 1.29 is 14.3 Å². The van der Waals surface area contributed by atoms with Gasteiger partial charge in [-0.15, -0.1) is 0 Å². The number of aryl methyl sites for hydroxylation is 2. The van der Waals surface area contributed by atoms with Crippen LogP contribution in [-0.4, -0.2) is 35.8 Å². The van der Waals surface area contributed by atoms with Crippen LogP contribution in [0.2, 0.25) is 0 Å². The van der Waals surface area contributed by atoms with E-state index in [1.807, 2.05) is 19.2 Å². The summed E-state index contributed by atoms with van der Waals surface area (Å²) in [6, 6.07) is 8.27. The van der Waals surface area contributed by atoms with Gasteiger partial charge in [0.1, 0.15) is 11.4 Å². The summed E-state index contributed by atoms with van der Waals surface area (Å²) in [5.41, 5.74) is 4.97. The van der Waals surface area contributed by atoms with Gasteiger partial charge < -0.3 is 19.4 Å². The second-order valence-corrected chi connectivity index (χ2v) is 7.86. The van der Waals surface area contributed by atoms with E-state index in [1.54, 1.807) is 0 Å². The van der Waals surface area contributed by atoms with E-state index >= 15 is 0 Å². The lowest BCUT2D eigenvalue weighted by atomic mass is 10.0. The van der Waals surface area contributed by atoms with Gasteiger partial charge in [-0.25, -0.2) is 9.78 Å². The van der Waals surface area contributed by atoms with Crippen LogP contribution in [-0.2, 0) is 22.9 Å². The molecular weight excluding hydrogens is 378 g/mol. The van der Waals surface area contributed by atoms with Crippen LogP contribution < -0.4 is 5.32 Å². The molecule has 1 aromatic carbocycles. The van der Waals surface area contributed by atoms with Gasteiger partial charge in [-0.3, -0.25) is 0 Å². The number of carbonyl (C=O) groups is 1. The van der Waals surface area contributed by atoms with Gasteiger partial charge in [0.05, 0.1) is 12.6 Å². The van der Waals surface area contributed by atoms with Crippen molar-refractivity contribution in [2.75, 3.05) is 25.6 Å². The third kappa shape index (κ3) is 4.33. The Labute approximate surface area is 177 Å². The molecule has 1 aliphatic rings. The number of pyridine rings is 1. The van der Waals surface area contributed by atoms with Gasteiger partial charge in [0.15, 0.2) is 0 Å². The first-order valence-electron chi connectivity index (χ1n) is 10.6. The fourth-order valence-corrected chi connectivity index (χ4v) is 3.94. The van der Waals surface area contributed by atoms with Crippen molar-refractivity contribution in [3.05, 3.63) is 53.3 Å². The highest BCUT2D eigenvalue weighted by Gasteiger charge is 2.26. The Kier molecular flexibility index (Phi) is 6.04. The number of anilines is 2. The number of aromatic nitrogens is 2. The van der Waals surface area contributed by atoms with E-state index in [9.17, 15) is 4.79 Å². The van der Waals surface area contributed by atoms with Crippen LogP contribution in [0.1, 0.15) is 53.6 Å². The molecule has 1 aliphatic carbocycles. The van der Waals surface area contributed by atoms with Gasteiger partial charge in [0.2, 0.25) is 0 Å². The number of hydrogen-bond acceptors (Lipinski definition) is 5. The van der Waals surface area contributed by atoms with Gasteiger partial charge in [-0.2, -0.15) is 0 Å². The molecule has 0 spiro atoms. The molecule has 158 valence electrons. The Hall–Kier alpha value is -2.86. The van der Waals surface area contributed by atoms with Crippen molar-refractivity contribution >= 4 is 28.4 Å². The number of nitrogens with one attached hydrogen (secondary N) is 1. The number of rotatable bonds is 9. The normalized spacial score (nSPS) is 13.6. The van der Waals surface area contributed by atoms with Crippen LogP contribution in [0.3, 0.4) is 0 Å². The van der Waals surface area contributed by atoms with Crippen molar-refractivity contribution in [1.29, 1.82) is 0 Å². The Morgan fingerprint density at radius 2 is 2.13 bits per heavy atom. The van der Waals surface area contributed by atoms with Crippen LogP contribution in [0.25, 0.3) is 10.9 Å². The van der Waals surface area contributed by atoms with Gasteiger partial charge >= 0.3 is 5.97 Å². The summed E-state index contributed by atoms with van der Waals surface area (Å²) in [4.78, 5) is 17.0. The highest BCUT2D eigenvalue weighted by Crippen LogP contribution is 2.40. The lowest BCUT2D eigenvalue weighted by Gasteiger charge is -2.14. The number of nitrogens with zero attached hydrogens (tertiary/aromatic N) is 2. The molecule has 3 aromatic rings. The molecule has 30 heavy (non-hydrogen) atoms. The van der Waals surface area contributed by atoms with Crippen LogP contribution in [0.5, 0.6) is 0 Å². The maximum atomic E-state index is 12.4. The number of ether oxygens (including phenoxy) is 2. The van der Waals surface area contributed by atoms with Crippen molar-refractivity contribution in [2.45, 2.75) is 38.5 Å². The maximum absolute atomic E-state index is 12.4. The molecular formula is C24H29N3O3. The molecule has 4 rings (SSSR count). The molecule has 2 heterocycles. The second kappa shape index (κ2) is 8.88. The average molecular weight is 408 g/mol. The number of carbonyl (C=O) groups excluding carboxylic acids is 1. The summed E-state index contributed by atoms with van der Waals surface area (Å²) >= 11 is 0. The Morgan fingerprint density at radius 1 is 1.30 bits per heavy atom. The van der Waals surface area contributed by atoms with Gasteiger partial charge in [0.25, 0.3) is 0 Å². The zero-order chi connectivity index (χ0) is 21.1. The summed E-state index contributed by atoms with van der Waals surface area (Å²) in [6.07, 6.45) is 8.14. The molecule has 1 saturated carbocycles. The van der Waals surface area contributed by atoms with E-state index in [0.29, 0.717) is 17.3 Å². The molecule has 0 atom stereocenters. The number of esters is 1. The quantitative estimate of drug-likeness (QED) is 0.402. The molecule has 1 fully saturated rings. The highest BCUT2D eigenvalue weighted by atomic mass is 16.5. The molecule has 0 radical (unpaired) electrons. The number of fused-ring (bicyclic) bond motifs is 1. The average Bonchev–Trinajstić information content (AvgIpc) is 3.54. The first-order valence-corrected chi connectivity index (χ1v) is 10.6. The number of methoxy groups -OCH3 is 1. The molecule has 0 saturated heterocycles. The molecule has 0 aliphatic heterocycles. The lowest BCUT2D eigenvalue weighted by Crippen LogP contribution is -2.08. The van der Waals surface area contributed by atoms with Crippen LogP contribution in [0.15, 0.2) is 36.7 Å². The van der Waals surface area contributed by atoms with E-state index in [-0.39, 0.29) is 5.97 Å². The first-order chi connectivity index (χ1) is 14.6. The van der Waals surface area contributed by atoms with Crippen molar-refractivity contribution in [1.82, 2.24) is 9.55 Å². The van der Waals surface area contributed by atoms with Crippen molar-refractivity contribution in [3.63, 3.8) is 0 Å². The topological polar surface area (TPSA) is 65.4 Å². The Bertz CT molecular complexity index is 1050. The fraction of sp³-hybridized carbons (Fsp3) is 0.417. The highest BCUT2D eigenvalue weighted by molar-refractivity contribution is 5.96. The molecule has 1 N–H and O–H groups in total. The molecule has 0 amide bonds. The molecule has 0 bridgehead atoms. The van der Waals surface area contributed by atoms with Gasteiger partial charge in [-0.1, -0.05) is 0 Å². The molecule has 6 heteroatoms. The zero-order valence-corrected chi connectivity index (χ0v) is 17.9. The molecule has 6 nitrogen and oxygen atoms in total. The Balaban J connectivity index is 1.65. The first kappa shape index (κ1) is 20.4. The van der Waals surface area contributed by atoms with E-state index in [0.717, 1.165) is 55.5 Å². The number of benzene rings is 1. The third-order valence-electron chi connectivity index (χ3n) is 5.61. The molecule has 0 unspecified atom stereocenters.